The zero-order valence-electron chi connectivity index (χ0n) is 47.7. The minimum absolute atomic E-state index is 0.794. The van der Waals surface area contributed by atoms with Crippen LogP contribution in [0.2, 0.25) is 0 Å². The summed E-state index contributed by atoms with van der Waals surface area (Å²) >= 11 is 0. The molecule has 41 heteroatoms. The van der Waals surface area contributed by atoms with Gasteiger partial charge in [-0.05, 0) is 0 Å². The van der Waals surface area contributed by atoms with Gasteiger partial charge in [-0.15, -0.1) is 0 Å². The normalized spacial score (nSPS) is 48.5. The fraction of sp³-hybridized carbons (Fsp3) is 0.939. The van der Waals surface area contributed by atoms with Crippen LogP contribution in [0.1, 0.15) is 20.3 Å². The van der Waals surface area contributed by atoms with Crippen molar-refractivity contribution in [3.05, 3.63) is 0 Å². The fourth-order valence-corrected chi connectivity index (χ4v) is 11.2. The van der Waals surface area contributed by atoms with Crippen LogP contribution in [0.4, 0.5) is 0 Å². The average molecular weight is 1320 g/mol. The van der Waals surface area contributed by atoms with Crippen LogP contribution < -0.4 is 10.6 Å². The minimum atomic E-state index is -3.03. The van der Waals surface area contributed by atoms with Crippen molar-refractivity contribution in [3.63, 3.8) is 0 Å². The van der Waals surface area contributed by atoms with Crippen LogP contribution >= 0.6 is 0 Å². The second-order valence-corrected chi connectivity index (χ2v) is 22.5. The van der Waals surface area contributed by atoms with Crippen molar-refractivity contribution in [3.8, 4) is 0 Å². The Morgan fingerprint density at radius 1 is 0.456 bits per heavy atom. The number of ether oxygens (including phenoxy) is 13. The first kappa shape index (κ1) is 74.4. The third-order valence-electron chi connectivity index (χ3n) is 16.3. The maximum Gasteiger partial charge on any atom is 0.364 e. The van der Waals surface area contributed by atoms with Crippen LogP contribution in [-0.2, 0) is 76.0 Å². The first-order valence-corrected chi connectivity index (χ1v) is 28.3. The summed E-state index contributed by atoms with van der Waals surface area (Å²) in [5, 5.41) is 252. The number of carboxylic acid groups (broad SMARTS) is 1. The van der Waals surface area contributed by atoms with E-state index < -0.39 is 291 Å². The molecule has 90 heavy (non-hydrogen) atoms. The molecule has 0 spiro atoms. The third-order valence-corrected chi connectivity index (χ3v) is 16.3. The molecule has 522 valence electrons. The lowest BCUT2D eigenvalue weighted by atomic mass is 9.90. The van der Waals surface area contributed by atoms with Gasteiger partial charge in [0.15, 0.2) is 37.7 Å². The zero-order chi connectivity index (χ0) is 66.7. The van der Waals surface area contributed by atoms with Gasteiger partial charge in [0.2, 0.25) is 11.8 Å². The van der Waals surface area contributed by atoms with Gasteiger partial charge in [-0.3, -0.25) is 9.59 Å². The molecule has 1 unspecified atom stereocenters. The van der Waals surface area contributed by atoms with Crippen molar-refractivity contribution in [2.75, 3.05) is 46.2 Å². The van der Waals surface area contributed by atoms with Gasteiger partial charge in [0.1, 0.15) is 171 Å². The Hall–Kier alpha value is -2.99. The molecule has 25 N–H and O–H groups in total. The number of amides is 2. The number of rotatable bonds is 24. The highest BCUT2D eigenvalue weighted by molar-refractivity contribution is 5.76. The van der Waals surface area contributed by atoms with E-state index in [2.05, 4.69) is 10.6 Å². The van der Waals surface area contributed by atoms with Crippen LogP contribution in [0.15, 0.2) is 0 Å². The topological polar surface area (TPSA) is 661 Å². The van der Waals surface area contributed by atoms with Gasteiger partial charge >= 0.3 is 5.97 Å². The van der Waals surface area contributed by atoms with Crippen molar-refractivity contribution >= 4 is 17.8 Å². The second kappa shape index (κ2) is 31.7. The van der Waals surface area contributed by atoms with E-state index in [1.807, 2.05) is 0 Å². The van der Waals surface area contributed by atoms with Crippen LogP contribution in [0.5, 0.6) is 0 Å². The van der Waals surface area contributed by atoms with Gasteiger partial charge in [0.05, 0.1) is 52.4 Å². The van der Waals surface area contributed by atoms with Gasteiger partial charge in [0.25, 0.3) is 5.79 Å². The average Bonchev–Trinajstić information content (AvgIpc) is 0.955. The lowest BCUT2D eigenvalue weighted by molar-refractivity contribution is -0.396. The van der Waals surface area contributed by atoms with Gasteiger partial charge < -0.3 is 190 Å². The molecule has 7 heterocycles. The van der Waals surface area contributed by atoms with E-state index >= 15 is 0 Å². The van der Waals surface area contributed by atoms with E-state index in [9.17, 15) is 132 Å². The summed E-state index contributed by atoms with van der Waals surface area (Å²) in [6, 6.07) is -3.65. The number of nitrogens with one attached hydrogen (secondary N) is 2. The van der Waals surface area contributed by atoms with Crippen molar-refractivity contribution in [1.29, 1.82) is 0 Å². The lowest BCUT2D eigenvalue weighted by Crippen LogP contribution is -2.70. The van der Waals surface area contributed by atoms with Gasteiger partial charge in [-0.2, -0.15) is 0 Å². The standard InChI is InChI=1S/C49H82N2O39/c1-11(57)50-21-29(67)37(17(7-55)80-42(21)75)87-46-36(74)39(28(66)19(84-46)9-78-44-34(72)31(69)25(63)15(5-53)81-44)88-47-41(33(71)26(64)16(6-54)82-47)89-43-22(51-12(2)58)30(68)38(18(8-56)83-43)86-45-35(73)32(70)27(65)20(85-45)10-79-49(48(76)77)3-13(59)23(61)40(90-49)24(62)14(60)4-52/h13-47,52-56,59-75H,3-10H2,1-2H3,(H,50,57)(H,51,58)(H,76,77)/t13-,14+,15+,16+,17+,18+,19+,20+,21+,22+,23+,24+,25+,26+,27-,28+,29+,30+,31-,32-,33-,34-,35+,36-,37+,38+,39-,40+,41-,42?,43-,44-,45-,46-,47+,49+/m0/s1. The summed E-state index contributed by atoms with van der Waals surface area (Å²) in [5.74, 6) is -6.81. The highest BCUT2D eigenvalue weighted by Crippen LogP contribution is 2.39. The number of carbonyl (C=O) groups is 3. The molecule has 0 saturated carbocycles. The predicted molar refractivity (Wildman–Crippen MR) is 272 cm³/mol. The molecule has 36 atom stereocenters. The molecule has 7 aliphatic rings. The van der Waals surface area contributed by atoms with Crippen molar-refractivity contribution in [2.45, 2.75) is 241 Å². The monoisotopic (exact) mass is 1320 g/mol. The Labute approximate surface area is 508 Å². The van der Waals surface area contributed by atoms with E-state index in [1.54, 1.807) is 0 Å². The predicted octanol–water partition coefficient (Wildman–Crippen LogP) is -16.8. The van der Waals surface area contributed by atoms with E-state index in [0.717, 1.165) is 13.8 Å². The number of hydrogen-bond donors (Lipinski definition) is 25. The number of aliphatic carboxylic acids is 1. The van der Waals surface area contributed by atoms with Crippen LogP contribution in [-0.4, -0.2) is 402 Å². The highest BCUT2D eigenvalue weighted by atomic mass is 16.8. The summed E-state index contributed by atoms with van der Waals surface area (Å²) in [7, 11) is 0. The quantitative estimate of drug-likeness (QED) is 0.0427. The second-order valence-electron chi connectivity index (χ2n) is 22.5. The molecule has 0 aromatic rings. The number of carboxylic acids is 1. The third kappa shape index (κ3) is 15.9. The summed E-state index contributed by atoms with van der Waals surface area (Å²) in [6.45, 7) is -5.56. The van der Waals surface area contributed by atoms with Crippen molar-refractivity contribution < 1.29 is 193 Å². The Morgan fingerprint density at radius 3 is 1.44 bits per heavy atom. The molecule has 0 aromatic heterocycles. The summed E-state index contributed by atoms with van der Waals surface area (Å²) in [6.07, 6.45) is -69.7. The Morgan fingerprint density at radius 2 is 0.900 bits per heavy atom. The molecule has 7 saturated heterocycles. The molecule has 7 fully saturated rings. The summed E-state index contributed by atoms with van der Waals surface area (Å²) in [5.41, 5.74) is 0. The summed E-state index contributed by atoms with van der Waals surface area (Å²) < 4.78 is 74.3. The number of hydrogen-bond acceptors (Lipinski definition) is 38. The SMILES string of the molecule is CC(=O)N[C@H]1[C@H](O[C@@H]2[C@@H](O[C@@H]3[C@H](O)[C@H](O[C@H]4[C@H](O)[C@@H](NC(C)=O)C(O)O[C@@H]4CO)O[C@H](CO[C@H]4O[C@H](CO)[C@@H](O)[C@H](O)[C@@H]4O)[C@H]3O)O[C@H](CO)[C@@H](O)[C@@H]2O)O[C@H](CO)[C@@H](O[C@@H]2O[C@H](CO[C@]3(C(=O)O)C[C@H](O)[C@@H](O)[C@H]([C@H](O)[C@H](O)CO)O3)[C@H](O)[C@H](O)[C@H]2O)[C@@H]1O. The van der Waals surface area contributed by atoms with Gasteiger partial charge in [-0.1, -0.05) is 0 Å². The smallest absolute Gasteiger partial charge is 0.364 e. The maximum absolute atomic E-state index is 12.9. The van der Waals surface area contributed by atoms with Crippen LogP contribution in [0.3, 0.4) is 0 Å². The molecule has 0 bridgehead atoms. The van der Waals surface area contributed by atoms with Crippen molar-refractivity contribution in [1.82, 2.24) is 10.6 Å². The van der Waals surface area contributed by atoms with Crippen LogP contribution in [0, 0.1) is 0 Å². The number of aliphatic hydroxyl groups is 22. The Kier molecular flexibility index (Phi) is 26.2. The Bertz CT molecular complexity index is 2290. The van der Waals surface area contributed by atoms with E-state index in [1.165, 1.54) is 0 Å². The molecular formula is C49H82N2O39. The van der Waals surface area contributed by atoms with Crippen LogP contribution in [0.25, 0.3) is 0 Å². The first-order valence-electron chi connectivity index (χ1n) is 28.3. The minimum Gasteiger partial charge on any atom is -0.477 e. The fourth-order valence-electron chi connectivity index (χ4n) is 11.2. The molecule has 2 amide bonds. The molecule has 7 rings (SSSR count). The molecular weight excluding hydrogens is 1240 g/mol. The highest BCUT2D eigenvalue weighted by Gasteiger charge is 2.60. The van der Waals surface area contributed by atoms with E-state index in [4.69, 9.17) is 61.6 Å². The molecule has 0 aliphatic carbocycles. The van der Waals surface area contributed by atoms with E-state index in [-0.39, 0.29) is 0 Å². The number of aliphatic hydroxyl groups excluding tert-OH is 22. The van der Waals surface area contributed by atoms with E-state index in [0.29, 0.717) is 0 Å². The molecule has 0 radical (unpaired) electrons. The molecule has 0 aromatic carbocycles. The van der Waals surface area contributed by atoms with Gasteiger partial charge in [0, 0.05) is 20.3 Å². The number of carbonyl (C=O) groups excluding carboxylic acids is 2. The van der Waals surface area contributed by atoms with Gasteiger partial charge in [-0.25, -0.2) is 4.79 Å². The zero-order valence-corrected chi connectivity index (χ0v) is 47.7. The molecule has 41 nitrogen and oxygen atoms in total. The summed E-state index contributed by atoms with van der Waals surface area (Å²) in [4.78, 5) is 37.6. The lowest BCUT2D eigenvalue weighted by Gasteiger charge is -2.50. The Balaban J connectivity index is 1.14. The maximum atomic E-state index is 12.9. The largest absolute Gasteiger partial charge is 0.477 e. The first-order chi connectivity index (χ1) is 42.4. The van der Waals surface area contributed by atoms with Crippen molar-refractivity contribution in [2.24, 2.45) is 0 Å². The molecule has 7 aliphatic heterocycles.